The van der Waals surface area contributed by atoms with Crippen LogP contribution in [0.3, 0.4) is 0 Å². The van der Waals surface area contributed by atoms with Gasteiger partial charge in [0.05, 0.1) is 12.1 Å². The monoisotopic (exact) mass is 356 g/mol. The van der Waals surface area contributed by atoms with E-state index < -0.39 is 0 Å². The molecule has 0 aromatic heterocycles. The fourth-order valence-electron chi connectivity index (χ4n) is 6.72. The van der Waals surface area contributed by atoms with Gasteiger partial charge in [0.15, 0.2) is 0 Å². The molecule has 2 nitrogen and oxygen atoms in total. The number of rotatable bonds is 5. The van der Waals surface area contributed by atoms with Gasteiger partial charge in [-0.2, -0.15) is 5.26 Å². The van der Waals surface area contributed by atoms with Crippen LogP contribution in [-0.2, 0) is 0 Å². The zero-order valence-electron chi connectivity index (χ0n) is 15.9. The first-order valence-electron chi connectivity index (χ1n) is 10.5. The lowest BCUT2D eigenvalue weighted by Crippen LogP contribution is -2.56. The van der Waals surface area contributed by atoms with E-state index in [1.807, 2.05) is 0 Å². The van der Waals surface area contributed by atoms with Gasteiger partial charge in [-0.05, 0) is 72.8 Å². The fourth-order valence-corrected chi connectivity index (χ4v) is 6.72. The molecule has 2 heteroatoms. The van der Waals surface area contributed by atoms with E-state index in [9.17, 15) is 5.26 Å². The van der Waals surface area contributed by atoms with Crippen molar-refractivity contribution in [2.24, 2.45) is 23.2 Å². The highest BCUT2D eigenvalue weighted by Crippen LogP contribution is 2.61. The molecule has 0 saturated heterocycles. The van der Waals surface area contributed by atoms with Crippen LogP contribution in [-0.4, -0.2) is 6.04 Å². The molecule has 2 aromatic rings. The lowest BCUT2D eigenvalue weighted by atomic mass is 9.48. The molecule has 0 radical (unpaired) electrons. The van der Waals surface area contributed by atoms with Crippen LogP contribution < -0.4 is 5.32 Å². The summed E-state index contributed by atoms with van der Waals surface area (Å²) < 4.78 is 0. The van der Waals surface area contributed by atoms with Crippen molar-refractivity contribution in [3.63, 3.8) is 0 Å². The molecule has 4 saturated carbocycles. The van der Waals surface area contributed by atoms with Gasteiger partial charge < -0.3 is 0 Å². The summed E-state index contributed by atoms with van der Waals surface area (Å²) in [6.07, 6.45) is 8.00. The second-order valence-corrected chi connectivity index (χ2v) is 9.26. The Morgan fingerprint density at radius 3 is 1.63 bits per heavy atom. The summed E-state index contributed by atoms with van der Waals surface area (Å²) in [5, 5.41) is 14.0. The van der Waals surface area contributed by atoms with Crippen molar-refractivity contribution < 1.29 is 0 Å². The summed E-state index contributed by atoms with van der Waals surface area (Å²) in [4.78, 5) is 0. The predicted octanol–water partition coefficient (Wildman–Crippen LogP) is 5.47. The van der Waals surface area contributed by atoms with Crippen LogP contribution in [0.25, 0.3) is 0 Å². The first-order chi connectivity index (χ1) is 13.3. The first kappa shape index (κ1) is 17.0. The van der Waals surface area contributed by atoms with Gasteiger partial charge in [0.1, 0.15) is 6.04 Å². The maximum absolute atomic E-state index is 10.2. The Morgan fingerprint density at radius 1 is 0.778 bits per heavy atom. The van der Waals surface area contributed by atoms with E-state index in [1.165, 1.54) is 49.7 Å². The van der Waals surface area contributed by atoms with E-state index in [0.29, 0.717) is 0 Å². The normalized spacial score (nSPS) is 32.4. The molecule has 0 heterocycles. The van der Waals surface area contributed by atoms with E-state index >= 15 is 0 Å². The average molecular weight is 357 g/mol. The molecule has 0 aliphatic heterocycles. The molecule has 1 atom stereocenters. The van der Waals surface area contributed by atoms with E-state index in [1.54, 1.807) is 0 Å². The van der Waals surface area contributed by atoms with Gasteiger partial charge in [-0.1, -0.05) is 60.7 Å². The Hall–Kier alpha value is -2.11. The quantitative estimate of drug-likeness (QED) is 0.770. The molecule has 0 spiro atoms. The summed E-state index contributed by atoms with van der Waals surface area (Å²) in [5.74, 6) is 2.59. The second-order valence-electron chi connectivity index (χ2n) is 9.26. The molecule has 4 aliphatic rings. The van der Waals surface area contributed by atoms with E-state index in [2.05, 4.69) is 72.0 Å². The molecular formula is C25H28N2. The highest BCUT2D eigenvalue weighted by Gasteiger charge is 2.54. The maximum Gasteiger partial charge on any atom is 0.102 e. The highest BCUT2D eigenvalue weighted by molar-refractivity contribution is 5.32. The molecule has 0 amide bonds. The van der Waals surface area contributed by atoms with Crippen LogP contribution in [0.5, 0.6) is 0 Å². The van der Waals surface area contributed by atoms with Gasteiger partial charge in [0.25, 0.3) is 0 Å². The van der Waals surface area contributed by atoms with Crippen LogP contribution in [0.2, 0.25) is 0 Å². The topological polar surface area (TPSA) is 35.8 Å². The van der Waals surface area contributed by atoms with Crippen molar-refractivity contribution in [2.45, 2.75) is 50.6 Å². The van der Waals surface area contributed by atoms with Crippen LogP contribution in [0, 0.1) is 34.5 Å². The molecular weight excluding hydrogens is 328 g/mol. The van der Waals surface area contributed by atoms with Crippen LogP contribution >= 0.6 is 0 Å². The minimum Gasteiger partial charge on any atom is -0.291 e. The molecule has 138 valence electrons. The molecule has 4 bridgehead atoms. The third kappa shape index (κ3) is 3.09. The Kier molecular flexibility index (Phi) is 4.29. The number of benzene rings is 2. The minimum atomic E-state index is -0.0729. The number of nitriles is 1. The van der Waals surface area contributed by atoms with Crippen molar-refractivity contribution in [3.8, 4) is 6.07 Å². The van der Waals surface area contributed by atoms with Crippen molar-refractivity contribution in [2.75, 3.05) is 0 Å². The van der Waals surface area contributed by atoms with Crippen molar-refractivity contribution >= 4 is 0 Å². The van der Waals surface area contributed by atoms with Crippen molar-refractivity contribution in [3.05, 3.63) is 71.8 Å². The fraction of sp³-hybridized carbons (Fsp3) is 0.480. The SMILES string of the molecule is N#C[C@H](NC(c1ccccc1)c1ccccc1)C12CC3CC(CC(C3)C1)C2. The van der Waals surface area contributed by atoms with Crippen LogP contribution in [0.15, 0.2) is 60.7 Å². The van der Waals surface area contributed by atoms with Crippen LogP contribution in [0.1, 0.15) is 55.7 Å². The molecule has 6 rings (SSSR count). The summed E-state index contributed by atoms with van der Waals surface area (Å²) >= 11 is 0. The Bertz CT molecular complexity index is 746. The number of nitrogens with zero attached hydrogens (tertiary/aromatic N) is 1. The van der Waals surface area contributed by atoms with E-state index in [0.717, 1.165) is 17.8 Å². The van der Waals surface area contributed by atoms with Crippen molar-refractivity contribution in [1.29, 1.82) is 5.26 Å². The summed E-state index contributed by atoms with van der Waals surface area (Å²) in [5.41, 5.74) is 2.67. The van der Waals surface area contributed by atoms with Crippen LogP contribution in [0.4, 0.5) is 0 Å². The predicted molar refractivity (Wildman–Crippen MR) is 108 cm³/mol. The van der Waals surface area contributed by atoms with E-state index in [4.69, 9.17) is 0 Å². The van der Waals surface area contributed by atoms with Gasteiger partial charge in [-0.15, -0.1) is 0 Å². The van der Waals surface area contributed by atoms with Gasteiger partial charge in [0, 0.05) is 0 Å². The summed E-state index contributed by atoms with van der Waals surface area (Å²) in [7, 11) is 0. The van der Waals surface area contributed by atoms with Crippen molar-refractivity contribution in [1.82, 2.24) is 5.32 Å². The standard InChI is InChI=1S/C25H28N2/c26-17-23(25-14-18-11-19(15-25)13-20(12-18)16-25)27-24(21-7-3-1-4-8-21)22-9-5-2-6-10-22/h1-10,18-20,23-24,27H,11-16H2/t18?,19?,20?,23-,25?/m0/s1. The molecule has 27 heavy (non-hydrogen) atoms. The smallest absolute Gasteiger partial charge is 0.102 e. The third-order valence-corrected chi connectivity index (χ3v) is 7.43. The zero-order valence-corrected chi connectivity index (χ0v) is 15.9. The number of hydrogen-bond acceptors (Lipinski definition) is 2. The number of nitrogens with one attached hydrogen (secondary N) is 1. The van der Waals surface area contributed by atoms with E-state index in [-0.39, 0.29) is 17.5 Å². The first-order valence-corrected chi connectivity index (χ1v) is 10.5. The number of hydrogen-bond donors (Lipinski definition) is 1. The maximum atomic E-state index is 10.2. The summed E-state index contributed by atoms with van der Waals surface area (Å²) in [6.45, 7) is 0. The molecule has 0 unspecified atom stereocenters. The van der Waals surface area contributed by atoms with Gasteiger partial charge in [0.2, 0.25) is 0 Å². The lowest BCUT2D eigenvalue weighted by molar-refractivity contribution is -0.0647. The van der Waals surface area contributed by atoms with Gasteiger partial charge in [-0.25, -0.2) is 0 Å². The lowest BCUT2D eigenvalue weighted by Gasteiger charge is -2.58. The van der Waals surface area contributed by atoms with Gasteiger partial charge in [-0.3, -0.25) is 5.32 Å². The Labute approximate surface area is 162 Å². The summed E-state index contributed by atoms with van der Waals surface area (Å²) in [6, 6.07) is 23.9. The largest absolute Gasteiger partial charge is 0.291 e. The highest BCUT2D eigenvalue weighted by atomic mass is 15.0. The zero-order chi connectivity index (χ0) is 18.3. The average Bonchev–Trinajstić information content (AvgIpc) is 2.69. The second kappa shape index (κ2) is 6.80. The third-order valence-electron chi connectivity index (χ3n) is 7.43. The molecule has 1 N–H and O–H groups in total. The molecule has 2 aromatic carbocycles. The minimum absolute atomic E-state index is 0.0729. The van der Waals surface area contributed by atoms with Gasteiger partial charge >= 0.3 is 0 Å². The molecule has 4 aliphatic carbocycles. The molecule has 4 fully saturated rings. The Morgan fingerprint density at radius 2 is 1.22 bits per heavy atom. The Balaban J connectivity index is 1.47.